The minimum absolute atomic E-state index is 0.0117. The normalized spacial score (nSPS) is 18.3. The third-order valence-corrected chi connectivity index (χ3v) is 1.51. The van der Waals surface area contributed by atoms with Crippen molar-refractivity contribution >= 4 is 18.3 Å². The molecule has 0 aliphatic rings. The van der Waals surface area contributed by atoms with Crippen molar-refractivity contribution in [3.05, 3.63) is 23.8 Å². The maximum atomic E-state index is 8.96. The molecule has 0 saturated heterocycles. The van der Waals surface area contributed by atoms with Gasteiger partial charge in [0.15, 0.2) is 0 Å². The summed E-state index contributed by atoms with van der Waals surface area (Å²) in [6.07, 6.45) is -2.65. The lowest BCUT2D eigenvalue weighted by Crippen LogP contribution is -2.30. The van der Waals surface area contributed by atoms with Crippen molar-refractivity contribution in [1.29, 1.82) is 0 Å². The molecule has 0 amide bonds. The summed E-state index contributed by atoms with van der Waals surface area (Å²) in [6.45, 7) is -2.89. The molecule has 1 aromatic carbocycles. The molecule has 0 atom stereocenters. The van der Waals surface area contributed by atoms with Gasteiger partial charge in [0.1, 0.15) is 0 Å². The van der Waals surface area contributed by atoms with Crippen LogP contribution in [0.5, 0.6) is 0 Å². The molecular formula is C8H12BNO2. The summed E-state index contributed by atoms with van der Waals surface area (Å²) in [6, 6.07) is 3.58. The summed E-state index contributed by atoms with van der Waals surface area (Å²) in [4.78, 5) is 0. The highest BCUT2D eigenvalue weighted by molar-refractivity contribution is 6.58. The minimum Gasteiger partial charge on any atom is -0.423 e. The molecule has 4 N–H and O–H groups in total. The number of hydrogen-bond acceptors (Lipinski definition) is 3. The van der Waals surface area contributed by atoms with Crippen molar-refractivity contribution in [1.82, 2.24) is 0 Å². The maximum absolute atomic E-state index is 8.96. The fourth-order valence-corrected chi connectivity index (χ4v) is 0.843. The Balaban J connectivity index is 3.35. The highest BCUT2D eigenvalue weighted by Crippen LogP contribution is 2.09. The second-order valence-corrected chi connectivity index (χ2v) is 2.35. The molecule has 4 heteroatoms. The van der Waals surface area contributed by atoms with Crippen LogP contribution in [0.2, 0.25) is 0 Å². The van der Waals surface area contributed by atoms with Gasteiger partial charge in [-0.15, -0.1) is 0 Å². The summed E-state index contributed by atoms with van der Waals surface area (Å²) >= 11 is 0. The van der Waals surface area contributed by atoms with Crippen LogP contribution in [0.1, 0.15) is 19.3 Å². The van der Waals surface area contributed by atoms with Crippen molar-refractivity contribution in [2.45, 2.75) is 13.2 Å². The van der Waals surface area contributed by atoms with Crippen LogP contribution in [0.15, 0.2) is 18.2 Å². The first-order valence-electron chi connectivity index (χ1n) is 5.83. The third kappa shape index (κ3) is 1.78. The topological polar surface area (TPSA) is 66.5 Å². The third-order valence-electron chi connectivity index (χ3n) is 1.51. The van der Waals surface area contributed by atoms with Gasteiger partial charge >= 0.3 is 7.12 Å². The number of nitrogens with two attached hydrogens (primary N) is 1. The summed E-state index contributed by atoms with van der Waals surface area (Å²) in [7, 11) is -1.80. The molecule has 64 valence electrons. The van der Waals surface area contributed by atoms with Crippen LogP contribution in [-0.4, -0.2) is 17.2 Å². The van der Waals surface area contributed by atoms with E-state index in [1.165, 1.54) is 12.1 Å². The zero-order chi connectivity index (χ0) is 13.4. The second kappa shape index (κ2) is 3.60. The van der Waals surface area contributed by atoms with E-state index in [-0.39, 0.29) is 16.7 Å². The van der Waals surface area contributed by atoms with Gasteiger partial charge in [0, 0.05) is 12.5 Å². The number of anilines is 1. The van der Waals surface area contributed by atoms with E-state index in [9.17, 15) is 0 Å². The van der Waals surface area contributed by atoms with Crippen LogP contribution >= 0.6 is 0 Å². The van der Waals surface area contributed by atoms with Gasteiger partial charge in [0.25, 0.3) is 0 Å². The van der Waals surface area contributed by atoms with E-state index in [4.69, 9.17) is 22.6 Å². The van der Waals surface area contributed by atoms with Crippen LogP contribution in [0.4, 0.5) is 5.69 Å². The van der Waals surface area contributed by atoms with Crippen molar-refractivity contribution in [2.24, 2.45) is 0 Å². The van der Waals surface area contributed by atoms with Gasteiger partial charge in [-0.05, 0) is 23.5 Å². The molecule has 0 aromatic heterocycles. The summed E-state index contributed by atoms with van der Waals surface area (Å²) in [5.41, 5.74) is 5.19. The highest BCUT2D eigenvalue weighted by atomic mass is 16.4. The standard InChI is InChI=1S/C8H12BNO2/c1-2-6-5-7(9(11)12)3-4-8(6)10/h3-5,11-12H,2,10H2,1H3/i1D3,2D2. The molecule has 1 aromatic rings. The van der Waals surface area contributed by atoms with E-state index in [0.29, 0.717) is 0 Å². The highest BCUT2D eigenvalue weighted by Gasteiger charge is 2.11. The van der Waals surface area contributed by atoms with Crippen LogP contribution in [0, 0.1) is 0 Å². The molecule has 0 bridgehead atoms. The van der Waals surface area contributed by atoms with Crippen LogP contribution in [0.3, 0.4) is 0 Å². The van der Waals surface area contributed by atoms with Crippen molar-refractivity contribution in [3.8, 4) is 0 Å². The quantitative estimate of drug-likeness (QED) is 0.414. The average molecular weight is 170 g/mol. The minimum atomic E-state index is -2.89. The van der Waals surface area contributed by atoms with Gasteiger partial charge in [-0.25, -0.2) is 0 Å². The lowest BCUT2D eigenvalue weighted by Gasteiger charge is -2.05. The van der Waals surface area contributed by atoms with E-state index in [2.05, 4.69) is 0 Å². The molecule has 12 heavy (non-hydrogen) atoms. The first kappa shape index (κ1) is 4.30. The van der Waals surface area contributed by atoms with Gasteiger partial charge in [-0.1, -0.05) is 19.0 Å². The maximum Gasteiger partial charge on any atom is 0.488 e. The molecular weight excluding hydrogens is 153 g/mol. The summed E-state index contributed by atoms with van der Waals surface area (Å²) in [5, 5.41) is 17.9. The monoisotopic (exact) mass is 170 g/mol. The second-order valence-electron chi connectivity index (χ2n) is 2.35. The van der Waals surface area contributed by atoms with Gasteiger partial charge in [0.2, 0.25) is 0 Å². The Labute approximate surface area is 79.0 Å². The van der Waals surface area contributed by atoms with Crippen LogP contribution in [-0.2, 0) is 6.37 Å². The first-order chi connectivity index (χ1) is 7.57. The Kier molecular flexibility index (Phi) is 1.29. The molecule has 0 heterocycles. The Morgan fingerprint density at radius 1 is 1.67 bits per heavy atom. The van der Waals surface area contributed by atoms with Crippen molar-refractivity contribution in [2.75, 3.05) is 5.73 Å². The molecule has 0 radical (unpaired) electrons. The fraction of sp³-hybridized carbons (Fsp3) is 0.250. The zero-order valence-electron chi connectivity index (χ0n) is 11.3. The van der Waals surface area contributed by atoms with Gasteiger partial charge in [-0.3, -0.25) is 0 Å². The Bertz CT molecular complexity index is 421. The molecule has 3 nitrogen and oxygen atoms in total. The molecule has 0 saturated carbocycles. The van der Waals surface area contributed by atoms with Crippen molar-refractivity contribution < 1.29 is 16.9 Å². The molecule has 0 fully saturated rings. The zero-order valence-corrected chi connectivity index (χ0v) is 6.28. The number of nitrogen functional groups attached to an aromatic ring is 1. The molecule has 0 aliphatic carbocycles. The Morgan fingerprint density at radius 2 is 2.42 bits per heavy atom. The lowest BCUT2D eigenvalue weighted by molar-refractivity contribution is 0.426. The van der Waals surface area contributed by atoms with Gasteiger partial charge in [0.05, 0.1) is 0 Å². The van der Waals surface area contributed by atoms with E-state index in [1.807, 2.05) is 0 Å². The molecule has 0 unspecified atom stereocenters. The van der Waals surface area contributed by atoms with E-state index in [0.717, 1.165) is 6.07 Å². The number of rotatable bonds is 2. The largest absolute Gasteiger partial charge is 0.488 e. The summed E-state index contributed by atoms with van der Waals surface area (Å²) in [5.74, 6) is 0. The lowest BCUT2D eigenvalue weighted by atomic mass is 9.79. The van der Waals surface area contributed by atoms with Gasteiger partial charge in [-0.2, -0.15) is 0 Å². The fourth-order valence-electron chi connectivity index (χ4n) is 0.843. The SMILES string of the molecule is [2H]C([2H])([2H])C([2H])([2H])c1cc(B(O)O)ccc1N. The molecule has 1 rings (SSSR count). The number of hydrogen-bond donors (Lipinski definition) is 3. The van der Waals surface area contributed by atoms with Gasteiger partial charge < -0.3 is 15.8 Å². The number of benzene rings is 1. The Morgan fingerprint density at radius 3 is 3.00 bits per heavy atom. The van der Waals surface area contributed by atoms with E-state index in [1.54, 1.807) is 0 Å². The van der Waals surface area contributed by atoms with E-state index >= 15 is 0 Å². The Hall–Kier alpha value is -0.995. The molecule has 0 spiro atoms. The number of aryl methyl sites for hydroxylation is 1. The average Bonchev–Trinajstić information content (AvgIpc) is 2.15. The van der Waals surface area contributed by atoms with Crippen molar-refractivity contribution in [3.63, 3.8) is 0 Å². The van der Waals surface area contributed by atoms with E-state index < -0.39 is 20.3 Å². The first-order valence-corrected chi connectivity index (χ1v) is 3.33. The van der Waals surface area contributed by atoms with Crippen LogP contribution in [0.25, 0.3) is 0 Å². The summed E-state index contributed by atoms with van der Waals surface area (Å²) < 4.78 is 36.5. The van der Waals surface area contributed by atoms with Crippen LogP contribution < -0.4 is 11.2 Å². The predicted molar refractivity (Wildman–Crippen MR) is 50.1 cm³/mol. The molecule has 0 aliphatic heterocycles. The predicted octanol–water partition coefficient (Wildman–Crippen LogP) is -0.489. The smallest absolute Gasteiger partial charge is 0.423 e.